The van der Waals surface area contributed by atoms with Crippen LogP contribution < -0.4 is 5.73 Å². The molecule has 0 unspecified atom stereocenters. The molecule has 0 saturated heterocycles. The van der Waals surface area contributed by atoms with Crippen LogP contribution in [-0.4, -0.2) is 10.5 Å². The molecule has 0 atom stereocenters. The maximum atomic E-state index is 9.35. The van der Waals surface area contributed by atoms with E-state index in [4.69, 9.17) is 18.0 Å². The minimum Gasteiger partial charge on any atom is -0.508 e. The van der Waals surface area contributed by atoms with Crippen molar-refractivity contribution < 1.29 is 5.11 Å². The molecule has 0 amide bonds. The lowest BCUT2D eigenvalue weighted by Gasteiger charge is -2.09. The molecule has 0 aromatic carbocycles. The van der Waals surface area contributed by atoms with E-state index in [0.29, 0.717) is 6.42 Å². The largest absolute Gasteiger partial charge is 0.508 e. The molecular formula is C23H33NOS. The second-order valence-corrected chi connectivity index (χ2v) is 6.88. The van der Waals surface area contributed by atoms with Crippen LogP contribution in [0.1, 0.15) is 53.4 Å². The number of nitrogens with two attached hydrogens (primary N) is 1. The Morgan fingerprint density at radius 3 is 2.27 bits per heavy atom. The second kappa shape index (κ2) is 13.1. The van der Waals surface area contributed by atoms with E-state index in [1.807, 2.05) is 26.0 Å². The Bertz CT molecular complexity index is 672. The summed E-state index contributed by atoms with van der Waals surface area (Å²) in [6.45, 7) is 15.9. The quantitative estimate of drug-likeness (QED) is 0.138. The molecule has 0 heterocycles. The Kier molecular flexibility index (Phi) is 12.0. The lowest BCUT2D eigenvalue weighted by molar-refractivity contribution is 0.433. The number of hydrogen-bond acceptors (Lipinski definition) is 3. The van der Waals surface area contributed by atoms with Gasteiger partial charge in [-0.3, -0.25) is 0 Å². The number of allylic oxidation sites excluding steroid dienone is 10. The monoisotopic (exact) mass is 371 g/mol. The molecule has 0 bridgehead atoms. The van der Waals surface area contributed by atoms with Crippen molar-refractivity contribution in [3.05, 3.63) is 82.9 Å². The van der Waals surface area contributed by atoms with Gasteiger partial charge in [-0.05, 0) is 81.9 Å². The highest BCUT2D eigenvalue weighted by Crippen LogP contribution is 2.19. The number of aliphatic hydroxyl groups is 1. The summed E-state index contributed by atoms with van der Waals surface area (Å²) in [6, 6.07) is 0. The van der Waals surface area contributed by atoms with Gasteiger partial charge in [-0.1, -0.05) is 48.7 Å². The maximum absolute atomic E-state index is 9.35. The Balaban J connectivity index is 4.63. The van der Waals surface area contributed by atoms with Gasteiger partial charge in [-0.15, -0.1) is 0 Å². The summed E-state index contributed by atoms with van der Waals surface area (Å²) in [5.41, 5.74) is 12.8. The number of hydrogen-bond donors (Lipinski definition) is 2. The second-order valence-electron chi connectivity index (χ2n) is 6.61. The lowest BCUT2D eigenvalue weighted by atomic mass is 9.99. The van der Waals surface area contributed by atoms with Crippen LogP contribution in [0.4, 0.5) is 0 Å². The molecule has 142 valence electrons. The van der Waals surface area contributed by atoms with E-state index in [0.717, 1.165) is 47.3 Å². The van der Waals surface area contributed by atoms with Gasteiger partial charge in [0, 0.05) is 17.5 Å². The lowest BCUT2D eigenvalue weighted by Crippen LogP contribution is -2.02. The highest BCUT2D eigenvalue weighted by atomic mass is 32.1. The molecule has 0 aliphatic rings. The van der Waals surface area contributed by atoms with Crippen LogP contribution in [0.5, 0.6) is 0 Å². The van der Waals surface area contributed by atoms with Crippen molar-refractivity contribution in [2.45, 2.75) is 53.4 Å². The Labute approximate surface area is 164 Å². The molecule has 0 aliphatic heterocycles. The molecule has 3 heteroatoms. The van der Waals surface area contributed by atoms with Crippen molar-refractivity contribution in [3.8, 4) is 0 Å². The molecule has 26 heavy (non-hydrogen) atoms. The van der Waals surface area contributed by atoms with Gasteiger partial charge >= 0.3 is 0 Å². The van der Waals surface area contributed by atoms with E-state index >= 15 is 0 Å². The molecule has 0 aliphatic carbocycles. The van der Waals surface area contributed by atoms with Gasteiger partial charge in [0.15, 0.2) is 0 Å². The smallest absolute Gasteiger partial charge is 0.114 e. The van der Waals surface area contributed by atoms with Crippen LogP contribution in [0.25, 0.3) is 0 Å². The summed E-state index contributed by atoms with van der Waals surface area (Å²) < 4.78 is 0. The van der Waals surface area contributed by atoms with Crippen molar-refractivity contribution >= 4 is 17.6 Å². The van der Waals surface area contributed by atoms with E-state index < -0.39 is 0 Å². The van der Waals surface area contributed by atoms with Gasteiger partial charge in [0.1, 0.15) is 5.76 Å². The molecule has 0 aromatic rings. The van der Waals surface area contributed by atoms with Gasteiger partial charge in [0.25, 0.3) is 0 Å². The number of thiocarbonyl (C=S) groups is 1. The summed E-state index contributed by atoms with van der Waals surface area (Å²) >= 11 is 4.86. The first kappa shape index (κ1) is 23.9. The fraction of sp³-hybridized carbons (Fsp3) is 0.348. The van der Waals surface area contributed by atoms with Gasteiger partial charge in [0.05, 0.1) is 0 Å². The summed E-state index contributed by atoms with van der Waals surface area (Å²) in [5.74, 6) is 0.182. The van der Waals surface area contributed by atoms with Crippen molar-refractivity contribution in [2.75, 3.05) is 0 Å². The fourth-order valence-corrected chi connectivity index (χ4v) is 2.46. The molecule has 0 rings (SSSR count). The highest BCUT2D eigenvalue weighted by molar-refractivity contribution is 7.79. The zero-order valence-corrected chi connectivity index (χ0v) is 17.5. The first-order chi connectivity index (χ1) is 12.2. The zero-order valence-electron chi connectivity index (χ0n) is 16.6. The summed E-state index contributed by atoms with van der Waals surface area (Å²) in [6.07, 6.45) is 12.6. The molecule has 2 nitrogen and oxygen atoms in total. The Morgan fingerprint density at radius 1 is 1.04 bits per heavy atom. The Morgan fingerprint density at radius 2 is 1.69 bits per heavy atom. The minimum absolute atomic E-state index is 0.182. The maximum Gasteiger partial charge on any atom is 0.114 e. The Hall–Kier alpha value is -2.13. The standard InChI is InChI=1S/C23H33NOS/c1-7-22(25)12-11-17(2)9-8-10-18(3)15-23(24)21(6)16-20(5)19(4)13-14-26/h7,11-14,16,25H,1,3,8-10,15,24H2,2,4-6H3/b17-11+,19-13?,20-16?,22-12+,23-21?. The summed E-state index contributed by atoms with van der Waals surface area (Å²) in [7, 11) is 0. The van der Waals surface area contributed by atoms with Gasteiger partial charge in [0.2, 0.25) is 0 Å². The number of rotatable bonds is 11. The van der Waals surface area contributed by atoms with Crippen LogP contribution in [0.3, 0.4) is 0 Å². The van der Waals surface area contributed by atoms with Gasteiger partial charge in [-0.25, -0.2) is 0 Å². The van der Waals surface area contributed by atoms with Crippen LogP contribution in [0.15, 0.2) is 82.9 Å². The molecule has 3 N–H and O–H groups in total. The molecule has 0 saturated carbocycles. The third-order valence-electron chi connectivity index (χ3n) is 4.17. The predicted molar refractivity (Wildman–Crippen MR) is 120 cm³/mol. The van der Waals surface area contributed by atoms with Crippen LogP contribution >= 0.6 is 12.2 Å². The van der Waals surface area contributed by atoms with Gasteiger partial charge in [-0.2, -0.15) is 0 Å². The summed E-state index contributed by atoms with van der Waals surface area (Å²) in [4.78, 5) is 0. The van der Waals surface area contributed by atoms with Crippen LogP contribution in [0.2, 0.25) is 0 Å². The van der Waals surface area contributed by atoms with Crippen molar-refractivity contribution in [1.82, 2.24) is 0 Å². The third kappa shape index (κ3) is 10.7. The van der Waals surface area contributed by atoms with Crippen molar-refractivity contribution in [2.24, 2.45) is 5.73 Å². The van der Waals surface area contributed by atoms with E-state index in [-0.39, 0.29) is 5.76 Å². The van der Waals surface area contributed by atoms with E-state index in [1.54, 1.807) is 11.4 Å². The number of aliphatic hydroxyl groups excluding tert-OH is 1. The zero-order chi connectivity index (χ0) is 20.1. The van der Waals surface area contributed by atoms with Crippen molar-refractivity contribution in [3.63, 3.8) is 0 Å². The molecule has 0 fully saturated rings. The van der Waals surface area contributed by atoms with E-state index in [9.17, 15) is 5.11 Å². The highest BCUT2D eigenvalue weighted by Gasteiger charge is 2.02. The average molecular weight is 372 g/mol. The fourth-order valence-electron chi connectivity index (χ4n) is 2.26. The molecule has 0 spiro atoms. The van der Waals surface area contributed by atoms with E-state index in [2.05, 4.69) is 33.1 Å². The topological polar surface area (TPSA) is 46.2 Å². The first-order valence-electron chi connectivity index (χ1n) is 8.82. The first-order valence-corrected chi connectivity index (χ1v) is 9.29. The summed E-state index contributed by atoms with van der Waals surface area (Å²) in [5, 5.41) is 11.0. The van der Waals surface area contributed by atoms with Gasteiger partial charge < -0.3 is 10.8 Å². The predicted octanol–water partition coefficient (Wildman–Crippen LogP) is 6.80. The molecular weight excluding hydrogens is 338 g/mol. The third-order valence-corrected chi connectivity index (χ3v) is 4.31. The molecule has 0 radical (unpaired) electrons. The van der Waals surface area contributed by atoms with E-state index in [1.165, 1.54) is 11.6 Å². The van der Waals surface area contributed by atoms with Crippen LogP contribution in [-0.2, 0) is 0 Å². The van der Waals surface area contributed by atoms with Crippen molar-refractivity contribution in [1.29, 1.82) is 0 Å². The minimum atomic E-state index is 0.182. The van der Waals surface area contributed by atoms with Crippen LogP contribution in [0, 0.1) is 0 Å². The average Bonchev–Trinajstić information content (AvgIpc) is 2.59. The SMILES string of the molecule is C=C/C(O)=C\C=C(/C)CCCC(=C)CC(N)=C(C)C=C(C)C(C)=CC=S. The molecule has 0 aromatic heterocycles. The normalized spacial score (nSPS) is 14.8.